The van der Waals surface area contributed by atoms with Gasteiger partial charge in [-0.25, -0.2) is 4.98 Å². The summed E-state index contributed by atoms with van der Waals surface area (Å²) in [7, 11) is 0. The van der Waals surface area contributed by atoms with Crippen LogP contribution >= 0.6 is 0 Å². The van der Waals surface area contributed by atoms with Gasteiger partial charge < -0.3 is 4.74 Å². The fraction of sp³-hybridized carbons (Fsp3) is 0.250. The molecule has 3 nitrogen and oxygen atoms in total. The molecule has 0 bridgehead atoms. The molecule has 0 aliphatic carbocycles. The van der Waals surface area contributed by atoms with Crippen molar-refractivity contribution in [3.63, 3.8) is 0 Å². The zero-order valence-electron chi connectivity index (χ0n) is 11.0. The van der Waals surface area contributed by atoms with Crippen LogP contribution in [0.15, 0.2) is 42.6 Å². The van der Waals surface area contributed by atoms with Crippen LogP contribution in [0, 0.1) is 0 Å². The number of nitrogens with zero attached hydrogens (tertiary/aromatic N) is 1. The van der Waals surface area contributed by atoms with E-state index < -0.39 is 0 Å². The number of unbranched alkanes of at least 4 members (excludes halogenated alkanes) is 1. The quantitative estimate of drug-likeness (QED) is 0.731. The Morgan fingerprint density at radius 2 is 1.95 bits per heavy atom. The average Bonchev–Trinajstić information content (AvgIpc) is 2.47. The number of ether oxygens (including phenoxy) is 1. The topological polar surface area (TPSA) is 39.2 Å². The molecule has 0 saturated heterocycles. The molecule has 0 aliphatic heterocycles. The first-order valence-corrected chi connectivity index (χ1v) is 6.50. The number of aldehydes is 1. The molecule has 1 heterocycles. The molecule has 0 amide bonds. The fourth-order valence-electron chi connectivity index (χ4n) is 1.75. The largest absolute Gasteiger partial charge is 0.439 e. The molecule has 19 heavy (non-hydrogen) atoms. The SMILES string of the molecule is CCCCc1ccc(Oc2ccc(C=O)cn2)cc1. The first-order valence-electron chi connectivity index (χ1n) is 6.50. The second kappa shape index (κ2) is 6.69. The standard InChI is InChI=1S/C16H17NO2/c1-2-3-4-13-5-8-15(9-6-13)19-16-10-7-14(12-18)11-17-16/h5-12H,2-4H2,1H3. The molecule has 1 aromatic heterocycles. The average molecular weight is 255 g/mol. The predicted molar refractivity (Wildman–Crippen MR) is 74.8 cm³/mol. The van der Waals surface area contributed by atoms with E-state index in [9.17, 15) is 4.79 Å². The number of aryl methyl sites for hydroxylation is 1. The number of carbonyl (C=O) groups is 1. The van der Waals surface area contributed by atoms with Crippen LogP contribution < -0.4 is 4.74 Å². The molecule has 0 atom stereocenters. The Bertz CT molecular complexity index is 517. The van der Waals surface area contributed by atoms with Crippen LogP contribution in [0.2, 0.25) is 0 Å². The molecule has 0 saturated carbocycles. The summed E-state index contributed by atoms with van der Waals surface area (Å²) in [6.45, 7) is 2.19. The normalized spacial score (nSPS) is 10.2. The minimum absolute atomic E-state index is 0.493. The van der Waals surface area contributed by atoms with Crippen LogP contribution in [0.3, 0.4) is 0 Å². The number of hydrogen-bond donors (Lipinski definition) is 0. The van der Waals surface area contributed by atoms with Crippen molar-refractivity contribution in [1.82, 2.24) is 4.98 Å². The predicted octanol–water partition coefficient (Wildman–Crippen LogP) is 4.03. The molecular formula is C16H17NO2. The highest BCUT2D eigenvalue weighted by Gasteiger charge is 1.99. The van der Waals surface area contributed by atoms with Crippen molar-refractivity contribution in [3.05, 3.63) is 53.7 Å². The third-order valence-corrected chi connectivity index (χ3v) is 2.86. The molecule has 0 unspecified atom stereocenters. The third-order valence-electron chi connectivity index (χ3n) is 2.86. The van der Waals surface area contributed by atoms with E-state index in [1.165, 1.54) is 24.6 Å². The molecule has 3 heteroatoms. The van der Waals surface area contributed by atoms with E-state index in [2.05, 4.69) is 24.0 Å². The summed E-state index contributed by atoms with van der Waals surface area (Å²) < 4.78 is 5.61. The first-order chi connectivity index (χ1) is 9.31. The molecule has 98 valence electrons. The summed E-state index contributed by atoms with van der Waals surface area (Å²) in [5.41, 5.74) is 1.86. The van der Waals surface area contributed by atoms with Crippen molar-refractivity contribution < 1.29 is 9.53 Å². The number of aromatic nitrogens is 1. The van der Waals surface area contributed by atoms with E-state index in [0.717, 1.165) is 18.5 Å². The van der Waals surface area contributed by atoms with Crippen LogP contribution in [0.25, 0.3) is 0 Å². The van der Waals surface area contributed by atoms with E-state index in [1.54, 1.807) is 12.1 Å². The van der Waals surface area contributed by atoms with Gasteiger partial charge in [-0.2, -0.15) is 0 Å². The number of rotatable bonds is 6. The summed E-state index contributed by atoms with van der Waals surface area (Å²) in [6, 6.07) is 11.4. The molecule has 0 spiro atoms. The lowest BCUT2D eigenvalue weighted by molar-refractivity contribution is 0.112. The molecule has 0 radical (unpaired) electrons. The van der Waals surface area contributed by atoms with E-state index >= 15 is 0 Å². The van der Waals surface area contributed by atoms with E-state index in [-0.39, 0.29) is 0 Å². The van der Waals surface area contributed by atoms with Crippen molar-refractivity contribution in [3.8, 4) is 11.6 Å². The van der Waals surface area contributed by atoms with Crippen molar-refractivity contribution in [2.24, 2.45) is 0 Å². The highest BCUT2D eigenvalue weighted by Crippen LogP contribution is 2.20. The summed E-state index contributed by atoms with van der Waals surface area (Å²) in [4.78, 5) is 14.6. The third kappa shape index (κ3) is 3.91. The summed E-state index contributed by atoms with van der Waals surface area (Å²) in [5.74, 6) is 1.25. The fourth-order valence-corrected chi connectivity index (χ4v) is 1.75. The maximum atomic E-state index is 10.5. The van der Waals surface area contributed by atoms with Crippen LogP contribution in [0.4, 0.5) is 0 Å². The molecule has 0 fully saturated rings. The van der Waals surface area contributed by atoms with Gasteiger partial charge in [-0.15, -0.1) is 0 Å². The number of benzene rings is 1. The molecule has 2 rings (SSSR count). The summed E-state index contributed by atoms with van der Waals surface area (Å²) in [6.07, 6.45) is 5.76. The van der Waals surface area contributed by atoms with Gasteiger partial charge in [0.05, 0.1) is 0 Å². The summed E-state index contributed by atoms with van der Waals surface area (Å²) in [5, 5.41) is 0. The monoisotopic (exact) mass is 255 g/mol. The Kier molecular flexibility index (Phi) is 4.67. The van der Waals surface area contributed by atoms with Crippen molar-refractivity contribution in [1.29, 1.82) is 0 Å². The Balaban J connectivity index is 1.99. The van der Waals surface area contributed by atoms with Gasteiger partial charge in [0.2, 0.25) is 5.88 Å². The van der Waals surface area contributed by atoms with Crippen molar-refractivity contribution in [2.75, 3.05) is 0 Å². The maximum Gasteiger partial charge on any atom is 0.219 e. The lowest BCUT2D eigenvalue weighted by Gasteiger charge is -2.06. The first kappa shape index (κ1) is 13.3. The Hall–Kier alpha value is -2.16. The van der Waals surface area contributed by atoms with Crippen molar-refractivity contribution >= 4 is 6.29 Å². The molecule has 1 aromatic carbocycles. The maximum absolute atomic E-state index is 10.5. The van der Waals surface area contributed by atoms with Gasteiger partial charge in [-0.05, 0) is 36.6 Å². The molecular weight excluding hydrogens is 238 g/mol. The number of carbonyl (C=O) groups excluding carboxylic acids is 1. The zero-order chi connectivity index (χ0) is 13.5. The smallest absolute Gasteiger partial charge is 0.219 e. The van der Waals surface area contributed by atoms with E-state index in [1.807, 2.05) is 12.1 Å². The van der Waals surface area contributed by atoms with E-state index in [0.29, 0.717) is 11.4 Å². The zero-order valence-corrected chi connectivity index (χ0v) is 11.0. The lowest BCUT2D eigenvalue weighted by atomic mass is 10.1. The molecule has 2 aromatic rings. The second-order valence-corrected chi connectivity index (χ2v) is 4.40. The lowest BCUT2D eigenvalue weighted by Crippen LogP contribution is -1.90. The van der Waals surface area contributed by atoms with E-state index in [4.69, 9.17) is 4.74 Å². The van der Waals surface area contributed by atoms with Gasteiger partial charge in [0.1, 0.15) is 5.75 Å². The Labute approximate surface area is 113 Å². The highest BCUT2D eigenvalue weighted by atomic mass is 16.5. The Morgan fingerprint density at radius 3 is 2.53 bits per heavy atom. The van der Waals surface area contributed by atoms with Gasteiger partial charge in [0.15, 0.2) is 6.29 Å². The molecule has 0 aliphatic rings. The summed E-state index contributed by atoms with van der Waals surface area (Å²) >= 11 is 0. The minimum atomic E-state index is 0.493. The van der Waals surface area contributed by atoms with Gasteiger partial charge in [0.25, 0.3) is 0 Å². The van der Waals surface area contributed by atoms with Crippen LogP contribution in [-0.2, 0) is 6.42 Å². The van der Waals surface area contributed by atoms with Gasteiger partial charge >= 0.3 is 0 Å². The number of pyridine rings is 1. The molecule has 0 N–H and O–H groups in total. The Morgan fingerprint density at radius 1 is 1.16 bits per heavy atom. The van der Waals surface area contributed by atoms with Crippen molar-refractivity contribution in [2.45, 2.75) is 26.2 Å². The van der Waals surface area contributed by atoms with Crippen LogP contribution in [0.5, 0.6) is 11.6 Å². The van der Waals surface area contributed by atoms with Gasteiger partial charge in [0, 0.05) is 17.8 Å². The second-order valence-electron chi connectivity index (χ2n) is 4.40. The highest BCUT2D eigenvalue weighted by molar-refractivity contribution is 5.74. The van der Waals surface area contributed by atoms with Gasteiger partial charge in [-0.3, -0.25) is 4.79 Å². The van der Waals surface area contributed by atoms with Crippen LogP contribution in [-0.4, -0.2) is 11.3 Å². The van der Waals surface area contributed by atoms with Crippen LogP contribution in [0.1, 0.15) is 35.7 Å². The number of hydrogen-bond acceptors (Lipinski definition) is 3. The minimum Gasteiger partial charge on any atom is -0.439 e. The van der Waals surface area contributed by atoms with Gasteiger partial charge in [-0.1, -0.05) is 25.5 Å².